The molecule has 0 spiro atoms. The van der Waals surface area contributed by atoms with Crippen molar-refractivity contribution in [1.82, 2.24) is 9.88 Å². The van der Waals surface area contributed by atoms with Gasteiger partial charge in [0.25, 0.3) is 5.91 Å². The molecule has 1 aromatic rings. The second-order valence-electron chi connectivity index (χ2n) is 4.90. The maximum absolute atomic E-state index is 12.6. The third kappa shape index (κ3) is 2.98. The maximum Gasteiger partial charge on any atom is 0.327 e. The zero-order chi connectivity index (χ0) is 14.9. The molecule has 2 heterocycles. The number of carboxylic acids is 1. The largest absolute Gasteiger partial charge is 0.480 e. The number of rotatable bonds is 3. The van der Waals surface area contributed by atoms with Crippen LogP contribution < -0.4 is 0 Å². The number of nitrogens with zero attached hydrogens (tertiary/aromatic N) is 2. The average molecular weight is 359 g/mol. The summed E-state index contributed by atoms with van der Waals surface area (Å²) in [6, 6.07) is 2.55. The predicted molar refractivity (Wildman–Crippen MR) is 80.6 cm³/mol. The van der Waals surface area contributed by atoms with Gasteiger partial charge in [0, 0.05) is 11.9 Å². The fourth-order valence-corrected chi connectivity index (χ4v) is 3.85. The van der Waals surface area contributed by atoms with Gasteiger partial charge in [0.05, 0.1) is 10.9 Å². The second-order valence-corrected chi connectivity index (χ2v) is 6.87. The minimum absolute atomic E-state index is 0.118. The van der Waals surface area contributed by atoms with Crippen LogP contribution in [0.1, 0.15) is 24.2 Å². The Morgan fingerprint density at radius 3 is 2.70 bits per heavy atom. The lowest BCUT2D eigenvalue weighted by Crippen LogP contribution is -2.47. The molecule has 0 bridgehead atoms. The molecule has 5 nitrogen and oxygen atoms in total. The van der Waals surface area contributed by atoms with Gasteiger partial charge in [0.2, 0.25) is 0 Å². The number of aromatic nitrogens is 1. The van der Waals surface area contributed by atoms with E-state index in [0.717, 1.165) is 0 Å². The van der Waals surface area contributed by atoms with Crippen molar-refractivity contribution in [3.8, 4) is 0 Å². The summed E-state index contributed by atoms with van der Waals surface area (Å²) in [5.41, 5.74) is 0.410. The van der Waals surface area contributed by atoms with Crippen molar-refractivity contribution in [2.75, 3.05) is 5.75 Å². The number of halogens is 1. The van der Waals surface area contributed by atoms with Crippen molar-refractivity contribution in [2.45, 2.75) is 25.3 Å². The summed E-state index contributed by atoms with van der Waals surface area (Å²) in [6.45, 7) is 3.98. The summed E-state index contributed by atoms with van der Waals surface area (Å²) < 4.78 is 0.639. The first-order valence-electron chi connectivity index (χ1n) is 6.20. The molecule has 0 aromatic carbocycles. The molecule has 1 amide bonds. The molecular formula is C13H15BrN2O3S. The fourth-order valence-electron chi connectivity index (χ4n) is 2.14. The quantitative estimate of drug-likeness (QED) is 0.840. The lowest BCUT2D eigenvalue weighted by Gasteiger charge is -2.29. The van der Waals surface area contributed by atoms with E-state index >= 15 is 0 Å². The molecule has 2 rings (SSSR count). The van der Waals surface area contributed by atoms with Crippen LogP contribution in [0, 0.1) is 5.92 Å². The maximum atomic E-state index is 12.6. The Hall–Kier alpha value is -1.08. The first-order valence-corrected chi connectivity index (χ1v) is 8.04. The molecule has 1 saturated heterocycles. The van der Waals surface area contributed by atoms with E-state index in [9.17, 15) is 14.7 Å². The summed E-state index contributed by atoms with van der Waals surface area (Å²) in [7, 11) is 0. The third-order valence-electron chi connectivity index (χ3n) is 3.10. The Bertz CT molecular complexity index is 521. The molecule has 20 heavy (non-hydrogen) atoms. The summed E-state index contributed by atoms with van der Waals surface area (Å²) in [4.78, 5) is 29.4. The lowest BCUT2D eigenvalue weighted by molar-refractivity contribution is -0.141. The summed E-state index contributed by atoms with van der Waals surface area (Å²) in [6.07, 6.45) is 1.46. The fraction of sp³-hybridized carbons (Fsp3) is 0.462. The van der Waals surface area contributed by atoms with Crippen LogP contribution in [0.3, 0.4) is 0 Å². The van der Waals surface area contributed by atoms with E-state index in [0.29, 0.717) is 15.9 Å². The van der Waals surface area contributed by atoms with Crippen LogP contribution >= 0.6 is 27.7 Å². The smallest absolute Gasteiger partial charge is 0.327 e. The Morgan fingerprint density at radius 1 is 1.50 bits per heavy atom. The molecule has 1 N–H and O–H groups in total. The molecule has 1 aliphatic rings. The Kier molecular flexibility index (Phi) is 4.70. The van der Waals surface area contributed by atoms with Crippen LogP contribution in [-0.4, -0.2) is 44.0 Å². The number of amides is 1. The third-order valence-corrected chi connectivity index (χ3v) is 5.19. The van der Waals surface area contributed by atoms with E-state index in [-0.39, 0.29) is 17.2 Å². The second kappa shape index (κ2) is 6.13. The molecule has 7 heteroatoms. The average Bonchev–Trinajstić information content (AvgIpc) is 2.83. The van der Waals surface area contributed by atoms with E-state index in [1.54, 1.807) is 12.1 Å². The van der Waals surface area contributed by atoms with Gasteiger partial charge in [-0.3, -0.25) is 4.79 Å². The molecule has 1 aromatic heterocycles. The van der Waals surface area contributed by atoms with E-state index in [1.807, 2.05) is 13.8 Å². The van der Waals surface area contributed by atoms with Crippen LogP contribution in [0.4, 0.5) is 0 Å². The number of pyridine rings is 1. The Balaban J connectivity index is 2.31. The van der Waals surface area contributed by atoms with Gasteiger partial charge in [-0.1, -0.05) is 13.8 Å². The number of carboxylic acid groups (broad SMARTS) is 1. The van der Waals surface area contributed by atoms with Gasteiger partial charge in [0.1, 0.15) is 10.6 Å². The predicted octanol–water partition coefficient (Wildman–Crippen LogP) is 2.47. The van der Waals surface area contributed by atoms with Crippen molar-refractivity contribution >= 4 is 39.6 Å². The molecular weight excluding hydrogens is 344 g/mol. The van der Waals surface area contributed by atoms with Gasteiger partial charge < -0.3 is 10.0 Å². The van der Waals surface area contributed by atoms with Crippen LogP contribution in [0.15, 0.2) is 22.9 Å². The summed E-state index contributed by atoms with van der Waals surface area (Å²) in [5.74, 6) is -0.620. The highest BCUT2D eigenvalue weighted by molar-refractivity contribution is 9.10. The van der Waals surface area contributed by atoms with E-state index < -0.39 is 12.0 Å². The number of carbonyl (C=O) groups is 2. The molecule has 108 valence electrons. The minimum Gasteiger partial charge on any atom is -0.480 e. The SMILES string of the molecule is CC(C)C1SCC(C(=O)O)N1C(=O)c1ccc(Br)nc1. The van der Waals surface area contributed by atoms with Crippen molar-refractivity contribution < 1.29 is 14.7 Å². The highest BCUT2D eigenvalue weighted by Gasteiger charge is 2.43. The number of aliphatic carboxylic acids is 1. The normalized spacial score (nSPS) is 22.3. The number of carbonyl (C=O) groups excluding carboxylic acids is 1. The number of hydrogen-bond donors (Lipinski definition) is 1. The van der Waals surface area contributed by atoms with Crippen LogP contribution in [-0.2, 0) is 4.79 Å². The zero-order valence-electron chi connectivity index (χ0n) is 11.1. The molecule has 0 aliphatic carbocycles. The molecule has 1 aliphatic heterocycles. The number of hydrogen-bond acceptors (Lipinski definition) is 4. The Labute approximate surface area is 129 Å². The highest BCUT2D eigenvalue weighted by atomic mass is 79.9. The first kappa shape index (κ1) is 15.3. The van der Waals surface area contributed by atoms with Crippen molar-refractivity contribution in [2.24, 2.45) is 5.92 Å². The molecule has 0 radical (unpaired) electrons. The zero-order valence-corrected chi connectivity index (χ0v) is 13.5. The van der Waals surface area contributed by atoms with Gasteiger partial charge >= 0.3 is 5.97 Å². The van der Waals surface area contributed by atoms with E-state index in [4.69, 9.17) is 0 Å². The van der Waals surface area contributed by atoms with E-state index in [2.05, 4.69) is 20.9 Å². The van der Waals surface area contributed by atoms with Gasteiger partial charge in [-0.25, -0.2) is 9.78 Å². The first-order chi connectivity index (χ1) is 9.41. The summed E-state index contributed by atoms with van der Waals surface area (Å²) >= 11 is 4.73. The van der Waals surface area contributed by atoms with Crippen LogP contribution in [0.2, 0.25) is 0 Å². The topological polar surface area (TPSA) is 70.5 Å². The van der Waals surface area contributed by atoms with Gasteiger partial charge in [-0.2, -0.15) is 0 Å². The van der Waals surface area contributed by atoms with Crippen LogP contribution in [0.5, 0.6) is 0 Å². The molecule has 2 atom stereocenters. The molecule has 2 unspecified atom stereocenters. The lowest BCUT2D eigenvalue weighted by atomic mass is 10.1. The van der Waals surface area contributed by atoms with Gasteiger partial charge in [0.15, 0.2) is 0 Å². The minimum atomic E-state index is -0.959. The van der Waals surface area contributed by atoms with Crippen molar-refractivity contribution in [1.29, 1.82) is 0 Å². The standard InChI is InChI=1S/C13H15BrN2O3S/c1-7(2)12-16(9(6-20-12)13(18)19)11(17)8-3-4-10(14)15-5-8/h3-5,7,9,12H,6H2,1-2H3,(H,18,19). The van der Waals surface area contributed by atoms with E-state index in [1.165, 1.54) is 22.9 Å². The van der Waals surface area contributed by atoms with Gasteiger partial charge in [-0.15, -0.1) is 11.8 Å². The van der Waals surface area contributed by atoms with Crippen molar-refractivity contribution in [3.05, 3.63) is 28.5 Å². The van der Waals surface area contributed by atoms with Gasteiger partial charge in [-0.05, 0) is 34.0 Å². The summed E-state index contributed by atoms with van der Waals surface area (Å²) in [5, 5.41) is 9.17. The Morgan fingerprint density at radius 2 is 2.20 bits per heavy atom. The monoisotopic (exact) mass is 358 g/mol. The highest BCUT2D eigenvalue weighted by Crippen LogP contribution is 2.35. The molecule has 0 saturated carbocycles. The van der Waals surface area contributed by atoms with Crippen LogP contribution in [0.25, 0.3) is 0 Å². The molecule has 1 fully saturated rings. The number of thioether (sulfide) groups is 1. The van der Waals surface area contributed by atoms with Crippen molar-refractivity contribution in [3.63, 3.8) is 0 Å².